The first-order valence-electron chi connectivity index (χ1n) is 3.52. The van der Waals surface area contributed by atoms with Crippen LogP contribution in [-0.2, 0) is 4.79 Å². The van der Waals surface area contributed by atoms with E-state index >= 15 is 0 Å². The van der Waals surface area contributed by atoms with Crippen molar-refractivity contribution in [3.63, 3.8) is 0 Å². The zero-order valence-corrected chi connectivity index (χ0v) is 7.20. The molecule has 0 saturated heterocycles. The highest BCUT2D eigenvalue weighted by Crippen LogP contribution is 2.35. The Hall–Kier alpha value is -0.180. The van der Waals surface area contributed by atoms with Crippen molar-refractivity contribution in [2.75, 3.05) is 13.3 Å². The predicted octanol–water partition coefficient (Wildman–Crippen LogP) is 0.874. The highest BCUT2D eigenvalue weighted by molar-refractivity contribution is 7.99. The summed E-state index contributed by atoms with van der Waals surface area (Å²) in [7, 11) is 1.70. The molecule has 0 heterocycles. The number of carbonyl (C=O) groups excluding carboxylic acids is 1. The first-order chi connectivity index (χ1) is 4.77. The average molecular weight is 159 g/mol. The van der Waals surface area contributed by atoms with Gasteiger partial charge in [-0.15, -0.1) is 0 Å². The molecule has 1 amide bonds. The van der Waals surface area contributed by atoms with E-state index in [1.54, 1.807) is 7.05 Å². The van der Waals surface area contributed by atoms with E-state index in [1.165, 1.54) is 0 Å². The number of hydrogen-bond donors (Lipinski definition) is 1. The van der Waals surface area contributed by atoms with Crippen molar-refractivity contribution in [3.8, 4) is 0 Å². The summed E-state index contributed by atoms with van der Waals surface area (Å²) < 4.78 is 0. The molecular formula is C7H13NOS. The Labute approximate surface area is 65.8 Å². The van der Waals surface area contributed by atoms with E-state index < -0.39 is 0 Å². The van der Waals surface area contributed by atoms with Gasteiger partial charge >= 0.3 is 0 Å². The first kappa shape index (κ1) is 7.92. The Balaban J connectivity index is 2.19. The average Bonchev–Trinajstić information content (AvgIpc) is 1.85. The molecule has 10 heavy (non-hydrogen) atoms. The lowest BCUT2D eigenvalue weighted by molar-refractivity contribution is -0.126. The van der Waals surface area contributed by atoms with Gasteiger partial charge in [-0.25, -0.2) is 0 Å². The molecule has 3 heteroatoms. The van der Waals surface area contributed by atoms with Crippen LogP contribution in [0.4, 0.5) is 0 Å². The summed E-state index contributed by atoms with van der Waals surface area (Å²) in [6.07, 6.45) is 4.24. The van der Waals surface area contributed by atoms with Crippen molar-refractivity contribution >= 4 is 17.7 Å². The van der Waals surface area contributed by atoms with Crippen LogP contribution in [0.1, 0.15) is 12.8 Å². The minimum atomic E-state index is 0.213. The van der Waals surface area contributed by atoms with Gasteiger partial charge in [0, 0.05) is 18.2 Å². The lowest BCUT2D eigenvalue weighted by Gasteiger charge is -2.32. The molecule has 0 radical (unpaired) electrons. The Morgan fingerprint density at radius 3 is 2.60 bits per heavy atom. The molecule has 0 bridgehead atoms. The molecule has 0 spiro atoms. The maximum absolute atomic E-state index is 10.9. The minimum Gasteiger partial charge on any atom is -0.359 e. The first-order valence-corrected chi connectivity index (χ1v) is 4.81. The third kappa shape index (κ3) is 1.45. The fourth-order valence-electron chi connectivity index (χ4n) is 1.18. The molecule has 58 valence electrons. The number of rotatable bonds is 2. The van der Waals surface area contributed by atoms with Crippen molar-refractivity contribution in [1.82, 2.24) is 5.32 Å². The van der Waals surface area contributed by atoms with Gasteiger partial charge in [-0.05, 0) is 19.1 Å². The van der Waals surface area contributed by atoms with Crippen molar-refractivity contribution in [3.05, 3.63) is 0 Å². The molecule has 1 aliphatic rings. The monoisotopic (exact) mass is 159 g/mol. The number of amides is 1. The standard InChI is InChI=1S/C7H13NOS/c1-8-7(9)5-3-6(4-5)10-2/h5-6H,3-4H2,1-2H3,(H,8,9). The van der Waals surface area contributed by atoms with E-state index in [0.717, 1.165) is 18.1 Å². The molecule has 0 aromatic rings. The molecular weight excluding hydrogens is 146 g/mol. The minimum absolute atomic E-state index is 0.213. The molecule has 1 aliphatic carbocycles. The Kier molecular flexibility index (Phi) is 2.60. The lowest BCUT2D eigenvalue weighted by Crippen LogP contribution is -2.38. The quantitative estimate of drug-likeness (QED) is 0.648. The van der Waals surface area contributed by atoms with Gasteiger partial charge in [0.25, 0.3) is 0 Å². The van der Waals surface area contributed by atoms with E-state index in [0.29, 0.717) is 5.92 Å². The molecule has 1 fully saturated rings. The molecule has 1 saturated carbocycles. The van der Waals surface area contributed by atoms with E-state index in [9.17, 15) is 4.79 Å². The van der Waals surface area contributed by atoms with Crippen LogP contribution in [0.15, 0.2) is 0 Å². The van der Waals surface area contributed by atoms with Gasteiger partial charge in [0.1, 0.15) is 0 Å². The molecule has 0 aliphatic heterocycles. The summed E-state index contributed by atoms with van der Waals surface area (Å²) in [6, 6.07) is 0. The summed E-state index contributed by atoms with van der Waals surface area (Å²) in [4.78, 5) is 10.9. The van der Waals surface area contributed by atoms with Crippen LogP contribution in [-0.4, -0.2) is 24.5 Å². The predicted molar refractivity (Wildman–Crippen MR) is 44.1 cm³/mol. The summed E-state index contributed by atoms with van der Waals surface area (Å²) >= 11 is 1.86. The molecule has 0 aromatic heterocycles. The summed E-state index contributed by atoms with van der Waals surface area (Å²) in [5.41, 5.74) is 0. The Morgan fingerprint density at radius 1 is 1.60 bits per heavy atom. The van der Waals surface area contributed by atoms with Crippen molar-refractivity contribution < 1.29 is 4.79 Å². The summed E-state index contributed by atoms with van der Waals surface area (Å²) in [5.74, 6) is 0.521. The number of hydrogen-bond acceptors (Lipinski definition) is 2. The van der Waals surface area contributed by atoms with E-state index in [1.807, 2.05) is 11.8 Å². The summed E-state index contributed by atoms with van der Waals surface area (Å²) in [5, 5.41) is 3.40. The van der Waals surface area contributed by atoms with Crippen LogP contribution >= 0.6 is 11.8 Å². The SMILES string of the molecule is CNC(=O)C1CC(SC)C1. The lowest BCUT2D eigenvalue weighted by atomic mass is 9.84. The molecule has 1 rings (SSSR count). The van der Waals surface area contributed by atoms with Gasteiger partial charge in [-0.2, -0.15) is 11.8 Å². The van der Waals surface area contributed by atoms with Crippen molar-refractivity contribution in [1.29, 1.82) is 0 Å². The van der Waals surface area contributed by atoms with Crippen molar-refractivity contribution in [2.24, 2.45) is 5.92 Å². The van der Waals surface area contributed by atoms with Gasteiger partial charge < -0.3 is 5.32 Å². The van der Waals surface area contributed by atoms with E-state index in [2.05, 4.69) is 11.6 Å². The van der Waals surface area contributed by atoms with Gasteiger partial charge in [0.2, 0.25) is 5.91 Å². The zero-order valence-electron chi connectivity index (χ0n) is 6.39. The third-order valence-electron chi connectivity index (χ3n) is 2.05. The normalized spacial score (nSPS) is 31.0. The van der Waals surface area contributed by atoms with Gasteiger partial charge in [0.05, 0.1) is 0 Å². The van der Waals surface area contributed by atoms with E-state index in [-0.39, 0.29) is 5.91 Å². The molecule has 0 aromatic carbocycles. The smallest absolute Gasteiger partial charge is 0.222 e. The molecule has 0 unspecified atom stereocenters. The Bertz CT molecular complexity index is 132. The topological polar surface area (TPSA) is 29.1 Å². The number of thioether (sulfide) groups is 1. The largest absolute Gasteiger partial charge is 0.359 e. The summed E-state index contributed by atoms with van der Waals surface area (Å²) in [6.45, 7) is 0. The zero-order chi connectivity index (χ0) is 7.56. The molecule has 0 atom stereocenters. The third-order valence-corrected chi connectivity index (χ3v) is 3.10. The van der Waals surface area contributed by atoms with Crippen LogP contribution in [0, 0.1) is 5.92 Å². The maximum Gasteiger partial charge on any atom is 0.222 e. The van der Waals surface area contributed by atoms with Crippen LogP contribution in [0.3, 0.4) is 0 Å². The van der Waals surface area contributed by atoms with E-state index in [4.69, 9.17) is 0 Å². The van der Waals surface area contributed by atoms with Crippen LogP contribution in [0.5, 0.6) is 0 Å². The van der Waals surface area contributed by atoms with Crippen LogP contribution in [0.2, 0.25) is 0 Å². The Morgan fingerprint density at radius 2 is 2.20 bits per heavy atom. The fourth-order valence-corrected chi connectivity index (χ4v) is 2.03. The second-order valence-corrected chi connectivity index (χ2v) is 3.78. The second-order valence-electron chi connectivity index (χ2n) is 2.64. The van der Waals surface area contributed by atoms with Crippen LogP contribution < -0.4 is 5.32 Å². The van der Waals surface area contributed by atoms with Crippen molar-refractivity contribution in [2.45, 2.75) is 18.1 Å². The van der Waals surface area contributed by atoms with Crippen LogP contribution in [0.25, 0.3) is 0 Å². The fraction of sp³-hybridized carbons (Fsp3) is 0.857. The number of carbonyl (C=O) groups is 1. The van der Waals surface area contributed by atoms with Gasteiger partial charge in [0.15, 0.2) is 0 Å². The van der Waals surface area contributed by atoms with Gasteiger partial charge in [-0.1, -0.05) is 0 Å². The molecule has 2 nitrogen and oxygen atoms in total. The second kappa shape index (κ2) is 3.28. The van der Waals surface area contributed by atoms with Gasteiger partial charge in [-0.3, -0.25) is 4.79 Å². The number of nitrogens with one attached hydrogen (secondary N) is 1. The highest BCUT2D eigenvalue weighted by atomic mass is 32.2. The maximum atomic E-state index is 10.9. The highest BCUT2D eigenvalue weighted by Gasteiger charge is 2.32. The molecule has 1 N–H and O–H groups in total.